The van der Waals surface area contributed by atoms with E-state index in [0.717, 1.165) is 5.56 Å². The number of hydrogen-bond donors (Lipinski definition) is 1. The highest BCUT2D eigenvalue weighted by atomic mass is 79.9. The molecule has 0 amide bonds. The number of halogens is 4. The Bertz CT molecular complexity index is 639. The molecule has 0 bridgehead atoms. The summed E-state index contributed by atoms with van der Waals surface area (Å²) in [4.78, 5) is 0. The van der Waals surface area contributed by atoms with E-state index < -0.39 is 6.36 Å². The second-order valence-corrected chi connectivity index (χ2v) is 5.09. The summed E-state index contributed by atoms with van der Waals surface area (Å²) in [5.41, 5.74) is 7.08. The number of nitrogen functional groups attached to an aromatic ring is 1. The van der Waals surface area contributed by atoms with Gasteiger partial charge in [0.25, 0.3) is 0 Å². The zero-order chi connectivity index (χ0) is 15.6. The Balaban J connectivity index is 2.25. The first kappa shape index (κ1) is 15.5. The van der Waals surface area contributed by atoms with E-state index in [-0.39, 0.29) is 10.2 Å². The number of benzene rings is 2. The van der Waals surface area contributed by atoms with Gasteiger partial charge in [-0.05, 0) is 52.7 Å². The van der Waals surface area contributed by atoms with Crippen LogP contribution >= 0.6 is 15.9 Å². The Morgan fingerprint density at radius 3 is 2.43 bits per heavy atom. The third-order valence-corrected chi connectivity index (χ3v) is 3.21. The third-order valence-electron chi connectivity index (χ3n) is 2.59. The van der Waals surface area contributed by atoms with Gasteiger partial charge in [-0.1, -0.05) is 12.1 Å². The second kappa shape index (κ2) is 5.85. The lowest BCUT2D eigenvalue weighted by atomic mass is 10.2. The number of hydrogen-bond acceptors (Lipinski definition) is 3. The van der Waals surface area contributed by atoms with Gasteiger partial charge in [-0.25, -0.2) is 0 Å². The van der Waals surface area contributed by atoms with E-state index in [0.29, 0.717) is 17.2 Å². The van der Waals surface area contributed by atoms with Gasteiger partial charge >= 0.3 is 6.36 Å². The van der Waals surface area contributed by atoms with Gasteiger partial charge in [0.2, 0.25) is 0 Å². The summed E-state index contributed by atoms with van der Waals surface area (Å²) >= 11 is 3.01. The minimum absolute atomic E-state index is 0.129. The number of anilines is 1. The molecule has 0 spiro atoms. The summed E-state index contributed by atoms with van der Waals surface area (Å²) in [6.45, 7) is 1.82. The third kappa shape index (κ3) is 4.04. The van der Waals surface area contributed by atoms with E-state index in [9.17, 15) is 13.2 Å². The normalized spacial score (nSPS) is 11.3. The van der Waals surface area contributed by atoms with E-state index in [1.807, 2.05) is 13.0 Å². The first-order valence-corrected chi connectivity index (χ1v) is 6.64. The van der Waals surface area contributed by atoms with E-state index in [2.05, 4.69) is 20.7 Å². The van der Waals surface area contributed by atoms with Crippen molar-refractivity contribution in [2.24, 2.45) is 0 Å². The molecule has 2 aromatic rings. The minimum atomic E-state index is -4.74. The molecule has 0 aliphatic rings. The van der Waals surface area contributed by atoms with Crippen LogP contribution < -0.4 is 15.2 Å². The number of ether oxygens (including phenoxy) is 2. The monoisotopic (exact) mass is 361 g/mol. The molecule has 0 unspecified atom stereocenters. The van der Waals surface area contributed by atoms with Crippen LogP contribution in [-0.2, 0) is 0 Å². The quantitative estimate of drug-likeness (QED) is 0.779. The maximum atomic E-state index is 12.2. The van der Waals surface area contributed by atoms with Crippen molar-refractivity contribution in [3.05, 3.63) is 46.4 Å². The zero-order valence-electron chi connectivity index (χ0n) is 10.9. The molecular formula is C14H11BrF3NO2. The van der Waals surface area contributed by atoms with E-state index in [1.54, 1.807) is 12.1 Å². The predicted molar refractivity (Wildman–Crippen MR) is 76.5 cm³/mol. The van der Waals surface area contributed by atoms with E-state index >= 15 is 0 Å². The fourth-order valence-corrected chi connectivity index (χ4v) is 2.12. The molecule has 21 heavy (non-hydrogen) atoms. The minimum Gasteiger partial charge on any atom is -0.455 e. The van der Waals surface area contributed by atoms with Crippen molar-refractivity contribution in [3.63, 3.8) is 0 Å². The summed E-state index contributed by atoms with van der Waals surface area (Å²) in [5, 5.41) is 0. The van der Waals surface area contributed by atoms with Crippen LogP contribution in [0, 0.1) is 6.92 Å². The molecule has 0 atom stereocenters. The highest BCUT2D eigenvalue weighted by Gasteiger charge is 2.32. The standard InChI is InChI=1S/C14H11BrF3NO2/c1-8-3-2-4-11(19)13(8)20-9-5-6-12(10(15)7-9)21-14(16,17)18/h2-7H,19H2,1H3. The summed E-state index contributed by atoms with van der Waals surface area (Å²) in [6, 6.07) is 9.21. The molecule has 0 aliphatic carbocycles. The highest BCUT2D eigenvalue weighted by Crippen LogP contribution is 2.36. The molecule has 0 heterocycles. The molecule has 112 valence electrons. The number of rotatable bonds is 3. The predicted octanol–water partition coefficient (Wildman–Crippen LogP) is 5.03. The van der Waals surface area contributed by atoms with Crippen LogP contribution in [0.5, 0.6) is 17.2 Å². The van der Waals surface area contributed by atoms with Crippen molar-refractivity contribution in [2.75, 3.05) is 5.73 Å². The van der Waals surface area contributed by atoms with Crippen molar-refractivity contribution in [1.29, 1.82) is 0 Å². The molecule has 0 saturated carbocycles. The molecule has 0 aliphatic heterocycles. The molecule has 0 aromatic heterocycles. The van der Waals surface area contributed by atoms with Gasteiger partial charge in [-0.2, -0.15) is 0 Å². The van der Waals surface area contributed by atoms with Gasteiger partial charge in [0.15, 0.2) is 5.75 Å². The lowest BCUT2D eigenvalue weighted by Gasteiger charge is -2.14. The maximum absolute atomic E-state index is 12.2. The average molecular weight is 362 g/mol. The van der Waals surface area contributed by atoms with Crippen molar-refractivity contribution in [2.45, 2.75) is 13.3 Å². The summed E-state index contributed by atoms with van der Waals surface area (Å²) in [7, 11) is 0. The van der Waals surface area contributed by atoms with Crippen LogP contribution in [0.15, 0.2) is 40.9 Å². The Morgan fingerprint density at radius 2 is 1.86 bits per heavy atom. The van der Waals surface area contributed by atoms with Gasteiger partial charge in [0, 0.05) is 0 Å². The molecule has 0 saturated heterocycles. The lowest BCUT2D eigenvalue weighted by molar-refractivity contribution is -0.274. The Morgan fingerprint density at radius 1 is 1.14 bits per heavy atom. The molecule has 2 rings (SSSR count). The summed E-state index contributed by atoms with van der Waals surface area (Å²) < 4.78 is 46.2. The molecular weight excluding hydrogens is 351 g/mol. The van der Waals surface area contributed by atoms with Crippen molar-refractivity contribution in [1.82, 2.24) is 0 Å². The average Bonchev–Trinajstić information content (AvgIpc) is 2.36. The van der Waals surface area contributed by atoms with Crippen LogP contribution in [0.25, 0.3) is 0 Å². The smallest absolute Gasteiger partial charge is 0.455 e. The van der Waals surface area contributed by atoms with Crippen LogP contribution in [-0.4, -0.2) is 6.36 Å². The fourth-order valence-electron chi connectivity index (χ4n) is 1.68. The first-order valence-electron chi connectivity index (χ1n) is 5.84. The second-order valence-electron chi connectivity index (χ2n) is 4.24. The molecule has 0 fully saturated rings. The number of aryl methyl sites for hydroxylation is 1. The lowest BCUT2D eigenvalue weighted by Crippen LogP contribution is -2.17. The van der Waals surface area contributed by atoms with Crippen LogP contribution in [0.3, 0.4) is 0 Å². The molecule has 7 heteroatoms. The van der Waals surface area contributed by atoms with Gasteiger partial charge < -0.3 is 15.2 Å². The van der Waals surface area contributed by atoms with Crippen molar-refractivity contribution < 1.29 is 22.6 Å². The maximum Gasteiger partial charge on any atom is 0.573 e. The van der Waals surface area contributed by atoms with Gasteiger partial charge in [0.1, 0.15) is 11.5 Å². The van der Waals surface area contributed by atoms with Crippen molar-refractivity contribution >= 4 is 21.6 Å². The van der Waals surface area contributed by atoms with Gasteiger partial charge in [-0.15, -0.1) is 13.2 Å². The van der Waals surface area contributed by atoms with E-state index in [1.165, 1.54) is 18.2 Å². The Labute approximate surface area is 127 Å². The summed E-state index contributed by atoms with van der Waals surface area (Å²) in [6.07, 6.45) is -4.74. The fraction of sp³-hybridized carbons (Fsp3) is 0.143. The molecule has 2 aromatic carbocycles. The summed E-state index contributed by atoms with van der Waals surface area (Å²) in [5.74, 6) is 0.471. The molecule has 2 N–H and O–H groups in total. The SMILES string of the molecule is Cc1cccc(N)c1Oc1ccc(OC(F)(F)F)c(Br)c1. The number of alkyl halides is 3. The van der Waals surface area contributed by atoms with Crippen molar-refractivity contribution in [3.8, 4) is 17.2 Å². The number of para-hydroxylation sites is 1. The Hall–Kier alpha value is -1.89. The van der Waals surface area contributed by atoms with Crippen LogP contribution in [0.2, 0.25) is 0 Å². The van der Waals surface area contributed by atoms with Crippen LogP contribution in [0.4, 0.5) is 18.9 Å². The highest BCUT2D eigenvalue weighted by molar-refractivity contribution is 9.10. The zero-order valence-corrected chi connectivity index (χ0v) is 12.5. The largest absolute Gasteiger partial charge is 0.573 e. The van der Waals surface area contributed by atoms with Crippen LogP contribution in [0.1, 0.15) is 5.56 Å². The topological polar surface area (TPSA) is 44.5 Å². The molecule has 0 radical (unpaired) electrons. The number of nitrogens with two attached hydrogens (primary N) is 1. The van der Waals surface area contributed by atoms with Gasteiger partial charge in [-0.3, -0.25) is 0 Å². The van der Waals surface area contributed by atoms with E-state index in [4.69, 9.17) is 10.5 Å². The Kier molecular flexibility index (Phi) is 4.32. The molecule has 3 nitrogen and oxygen atoms in total. The van der Waals surface area contributed by atoms with Gasteiger partial charge in [0.05, 0.1) is 10.2 Å². The first-order chi connectivity index (χ1) is 9.76.